The van der Waals surface area contributed by atoms with Crippen molar-refractivity contribution in [1.29, 1.82) is 0 Å². The molecule has 0 amide bonds. The normalized spacial score (nSPS) is 25.6. The van der Waals surface area contributed by atoms with E-state index in [-0.39, 0.29) is 5.82 Å². The van der Waals surface area contributed by atoms with Gasteiger partial charge in [-0.15, -0.1) is 0 Å². The van der Waals surface area contributed by atoms with Crippen LogP contribution in [0, 0.1) is 5.82 Å². The van der Waals surface area contributed by atoms with E-state index in [2.05, 4.69) is 9.80 Å². The van der Waals surface area contributed by atoms with Crippen LogP contribution >= 0.6 is 11.6 Å². The lowest BCUT2D eigenvalue weighted by Crippen LogP contribution is -2.46. The highest BCUT2D eigenvalue weighted by Gasteiger charge is 2.30. The SMILES string of the molecule is NC1CCN(C2CCN(Cc3cc(Cl)ccc3F)C2)CC1. The van der Waals surface area contributed by atoms with Crippen LogP contribution in [0.5, 0.6) is 0 Å². The first-order valence-electron chi connectivity index (χ1n) is 7.78. The van der Waals surface area contributed by atoms with E-state index in [0.29, 0.717) is 29.2 Å². The molecule has 1 unspecified atom stereocenters. The largest absolute Gasteiger partial charge is 0.328 e. The third-order valence-corrected chi connectivity index (χ3v) is 4.97. The summed E-state index contributed by atoms with van der Waals surface area (Å²) in [7, 11) is 0. The summed E-state index contributed by atoms with van der Waals surface area (Å²) in [6, 6.07) is 5.77. The predicted octanol–water partition coefficient (Wildman–Crippen LogP) is 2.48. The Morgan fingerprint density at radius 2 is 1.95 bits per heavy atom. The zero-order valence-electron chi connectivity index (χ0n) is 12.3. The van der Waals surface area contributed by atoms with Crippen molar-refractivity contribution in [1.82, 2.24) is 9.80 Å². The smallest absolute Gasteiger partial charge is 0.127 e. The molecule has 0 radical (unpaired) electrons. The van der Waals surface area contributed by atoms with Gasteiger partial charge in [0.05, 0.1) is 0 Å². The van der Waals surface area contributed by atoms with Crippen LogP contribution < -0.4 is 5.73 Å². The van der Waals surface area contributed by atoms with Gasteiger partial charge >= 0.3 is 0 Å². The van der Waals surface area contributed by atoms with E-state index in [1.165, 1.54) is 6.07 Å². The van der Waals surface area contributed by atoms with Crippen LogP contribution in [-0.4, -0.2) is 48.1 Å². The molecule has 116 valence electrons. The number of hydrogen-bond donors (Lipinski definition) is 1. The molecule has 5 heteroatoms. The molecule has 2 aliphatic rings. The Balaban J connectivity index is 1.56. The average molecular weight is 312 g/mol. The molecule has 21 heavy (non-hydrogen) atoms. The second kappa shape index (κ2) is 6.61. The molecule has 3 nitrogen and oxygen atoms in total. The molecular formula is C16H23ClFN3. The molecule has 0 spiro atoms. The molecule has 0 aliphatic carbocycles. The molecule has 2 N–H and O–H groups in total. The number of piperidine rings is 1. The highest BCUT2D eigenvalue weighted by atomic mass is 35.5. The van der Waals surface area contributed by atoms with Crippen LogP contribution in [0.4, 0.5) is 4.39 Å². The molecule has 3 rings (SSSR count). The van der Waals surface area contributed by atoms with Crippen molar-refractivity contribution in [3.63, 3.8) is 0 Å². The third kappa shape index (κ3) is 3.75. The van der Waals surface area contributed by atoms with Gasteiger partial charge in [0.1, 0.15) is 5.82 Å². The van der Waals surface area contributed by atoms with Crippen molar-refractivity contribution in [2.75, 3.05) is 26.2 Å². The first-order valence-corrected chi connectivity index (χ1v) is 8.15. The minimum Gasteiger partial charge on any atom is -0.328 e. The first kappa shape index (κ1) is 15.2. The minimum absolute atomic E-state index is 0.160. The van der Waals surface area contributed by atoms with Gasteiger partial charge in [0.25, 0.3) is 0 Å². The molecule has 0 bridgehead atoms. The van der Waals surface area contributed by atoms with Crippen LogP contribution in [0.3, 0.4) is 0 Å². The zero-order chi connectivity index (χ0) is 14.8. The second-order valence-corrected chi connectivity index (χ2v) is 6.72. The summed E-state index contributed by atoms with van der Waals surface area (Å²) in [5, 5.41) is 0.604. The molecule has 2 aliphatic heterocycles. The Morgan fingerprint density at radius 3 is 2.71 bits per heavy atom. The topological polar surface area (TPSA) is 32.5 Å². The van der Waals surface area contributed by atoms with Crippen molar-refractivity contribution in [2.45, 2.75) is 37.9 Å². The van der Waals surface area contributed by atoms with Crippen molar-refractivity contribution >= 4 is 11.6 Å². The van der Waals surface area contributed by atoms with E-state index in [1.54, 1.807) is 12.1 Å². The number of likely N-dealkylation sites (tertiary alicyclic amines) is 2. The van der Waals surface area contributed by atoms with E-state index in [1.807, 2.05) is 0 Å². The minimum atomic E-state index is -0.160. The Morgan fingerprint density at radius 1 is 1.19 bits per heavy atom. The quantitative estimate of drug-likeness (QED) is 0.931. The molecule has 0 saturated carbocycles. The Kier molecular flexibility index (Phi) is 4.79. The summed E-state index contributed by atoms with van der Waals surface area (Å²) in [4.78, 5) is 4.88. The number of rotatable bonds is 3. The summed E-state index contributed by atoms with van der Waals surface area (Å²) in [6.07, 6.45) is 3.36. The van der Waals surface area contributed by atoms with Gasteiger partial charge in [-0.3, -0.25) is 9.80 Å². The van der Waals surface area contributed by atoms with Crippen LogP contribution in [-0.2, 0) is 6.54 Å². The lowest BCUT2D eigenvalue weighted by Gasteiger charge is -2.34. The maximum absolute atomic E-state index is 13.8. The van der Waals surface area contributed by atoms with Crippen LogP contribution in [0.2, 0.25) is 5.02 Å². The maximum atomic E-state index is 13.8. The fraction of sp³-hybridized carbons (Fsp3) is 0.625. The zero-order valence-corrected chi connectivity index (χ0v) is 13.0. The number of nitrogens with zero attached hydrogens (tertiary/aromatic N) is 2. The molecule has 2 saturated heterocycles. The molecule has 2 heterocycles. The molecule has 0 aromatic heterocycles. The monoisotopic (exact) mass is 311 g/mol. The van der Waals surface area contributed by atoms with Gasteiger partial charge < -0.3 is 5.73 Å². The fourth-order valence-corrected chi connectivity index (χ4v) is 3.64. The molecule has 1 aromatic carbocycles. The van der Waals surface area contributed by atoms with Gasteiger partial charge in [-0.2, -0.15) is 0 Å². The van der Waals surface area contributed by atoms with Gasteiger partial charge in [-0.1, -0.05) is 11.6 Å². The maximum Gasteiger partial charge on any atom is 0.127 e. The van der Waals surface area contributed by atoms with Gasteiger partial charge in [0.2, 0.25) is 0 Å². The van der Waals surface area contributed by atoms with Crippen molar-refractivity contribution in [2.24, 2.45) is 5.73 Å². The summed E-state index contributed by atoms with van der Waals surface area (Å²) in [6.45, 7) is 4.90. The standard InChI is InChI=1S/C16H23ClFN3/c17-13-1-2-16(18)12(9-13)10-20-6-5-15(11-20)21-7-3-14(19)4-8-21/h1-2,9,14-15H,3-8,10-11,19H2. The summed E-state index contributed by atoms with van der Waals surface area (Å²) in [5.41, 5.74) is 6.66. The summed E-state index contributed by atoms with van der Waals surface area (Å²) >= 11 is 5.96. The Labute approximate surface area is 130 Å². The van der Waals surface area contributed by atoms with Crippen molar-refractivity contribution < 1.29 is 4.39 Å². The Bertz CT molecular complexity index is 488. The number of nitrogens with two attached hydrogens (primary N) is 1. The lowest BCUT2D eigenvalue weighted by atomic mass is 10.0. The molecule has 1 aromatic rings. The molecule has 2 fully saturated rings. The lowest BCUT2D eigenvalue weighted by molar-refractivity contribution is 0.151. The van der Waals surface area contributed by atoms with Crippen molar-refractivity contribution in [3.8, 4) is 0 Å². The summed E-state index contributed by atoms with van der Waals surface area (Å²) < 4.78 is 13.8. The van der Waals surface area contributed by atoms with Crippen LogP contribution in [0.15, 0.2) is 18.2 Å². The van der Waals surface area contributed by atoms with Gasteiger partial charge in [0, 0.05) is 42.3 Å². The third-order valence-electron chi connectivity index (χ3n) is 4.74. The predicted molar refractivity (Wildman–Crippen MR) is 83.9 cm³/mol. The van der Waals surface area contributed by atoms with E-state index in [0.717, 1.165) is 45.4 Å². The van der Waals surface area contributed by atoms with E-state index in [4.69, 9.17) is 17.3 Å². The average Bonchev–Trinajstić information content (AvgIpc) is 2.92. The summed E-state index contributed by atoms with van der Waals surface area (Å²) in [5.74, 6) is -0.160. The number of halogens is 2. The highest BCUT2D eigenvalue weighted by Crippen LogP contribution is 2.23. The number of benzene rings is 1. The fourth-order valence-electron chi connectivity index (χ4n) is 3.44. The highest BCUT2D eigenvalue weighted by molar-refractivity contribution is 6.30. The van der Waals surface area contributed by atoms with Gasteiger partial charge in [-0.05, 0) is 50.6 Å². The first-order chi connectivity index (χ1) is 10.1. The van der Waals surface area contributed by atoms with Crippen molar-refractivity contribution in [3.05, 3.63) is 34.6 Å². The molecule has 1 atom stereocenters. The van der Waals surface area contributed by atoms with E-state index in [9.17, 15) is 4.39 Å². The Hall–Kier alpha value is -0.680. The van der Waals surface area contributed by atoms with Crippen LogP contribution in [0.25, 0.3) is 0 Å². The second-order valence-electron chi connectivity index (χ2n) is 6.29. The van der Waals surface area contributed by atoms with E-state index >= 15 is 0 Å². The molecular weight excluding hydrogens is 289 g/mol. The van der Waals surface area contributed by atoms with Gasteiger partial charge in [0.15, 0.2) is 0 Å². The van der Waals surface area contributed by atoms with Crippen LogP contribution in [0.1, 0.15) is 24.8 Å². The number of hydrogen-bond acceptors (Lipinski definition) is 3. The van der Waals surface area contributed by atoms with Gasteiger partial charge in [-0.25, -0.2) is 4.39 Å². The van der Waals surface area contributed by atoms with E-state index < -0.39 is 0 Å².